The smallest absolute Gasteiger partial charge is 0.349 e. The first-order valence-corrected chi connectivity index (χ1v) is 10.3. The summed E-state index contributed by atoms with van der Waals surface area (Å²) < 4.78 is 8.14. The molecule has 136 valence electrons. The van der Waals surface area contributed by atoms with Gasteiger partial charge >= 0.3 is 5.97 Å². The molecule has 2 N–H and O–H groups in total. The molecular formula is C19H26N2O2S2. The quantitative estimate of drug-likeness (QED) is 0.304. The molecule has 0 spiro atoms. The van der Waals surface area contributed by atoms with Crippen LogP contribution in [0.25, 0.3) is 0 Å². The Morgan fingerprint density at radius 2 is 2.08 bits per heavy atom. The number of hydrogen-bond donors (Lipinski definition) is 2. The molecule has 2 rings (SSSR count). The Bertz CT molecular complexity index is 686. The van der Waals surface area contributed by atoms with Crippen LogP contribution in [0, 0.1) is 6.92 Å². The Kier molecular flexibility index (Phi) is 8.15. The lowest BCUT2D eigenvalue weighted by Gasteiger charge is -2.12. The van der Waals surface area contributed by atoms with E-state index in [0.717, 1.165) is 22.8 Å². The maximum atomic E-state index is 11.7. The Morgan fingerprint density at radius 3 is 2.80 bits per heavy atom. The molecule has 0 atom stereocenters. The third-order valence-corrected chi connectivity index (χ3v) is 5.76. The van der Waals surface area contributed by atoms with Gasteiger partial charge in [-0.2, -0.15) is 0 Å². The third kappa shape index (κ3) is 5.97. The summed E-state index contributed by atoms with van der Waals surface area (Å²) in [4.78, 5) is 13.2. The van der Waals surface area contributed by atoms with Crippen molar-refractivity contribution in [2.45, 2.75) is 44.4 Å². The highest BCUT2D eigenvalue weighted by molar-refractivity contribution is 8.00. The van der Waals surface area contributed by atoms with Crippen molar-refractivity contribution in [1.82, 2.24) is 0 Å². The summed E-state index contributed by atoms with van der Waals surface area (Å²) >= 11 is 2.83. The van der Waals surface area contributed by atoms with E-state index in [9.17, 15) is 4.79 Å². The minimum atomic E-state index is -0.293. The summed E-state index contributed by atoms with van der Waals surface area (Å²) in [5.41, 5.74) is 3.36. The Hall–Kier alpha value is -1.66. The van der Waals surface area contributed by atoms with Crippen molar-refractivity contribution in [3.63, 3.8) is 0 Å². The maximum Gasteiger partial charge on any atom is 0.349 e. The number of rotatable bonds is 10. The van der Waals surface area contributed by atoms with Crippen LogP contribution in [0.1, 0.15) is 47.8 Å². The Labute approximate surface area is 158 Å². The molecule has 1 heterocycles. The molecule has 0 fully saturated rings. The largest absolute Gasteiger partial charge is 0.465 e. The number of benzene rings is 1. The molecule has 0 aliphatic heterocycles. The summed E-state index contributed by atoms with van der Waals surface area (Å²) in [6.07, 6.45) is 5.05. The fourth-order valence-corrected chi connectivity index (χ4v) is 4.22. The molecule has 6 heteroatoms. The van der Waals surface area contributed by atoms with Gasteiger partial charge < -0.3 is 14.8 Å². The molecule has 4 nitrogen and oxygen atoms in total. The lowest BCUT2D eigenvalue weighted by atomic mass is 10.1. The van der Waals surface area contributed by atoms with E-state index >= 15 is 0 Å². The Morgan fingerprint density at radius 1 is 1.24 bits per heavy atom. The number of methoxy groups -OCH3 is 1. The van der Waals surface area contributed by atoms with Gasteiger partial charge in [0.25, 0.3) is 0 Å². The van der Waals surface area contributed by atoms with Crippen molar-refractivity contribution in [2.24, 2.45) is 0 Å². The highest BCUT2D eigenvalue weighted by atomic mass is 32.2. The second-order valence-electron chi connectivity index (χ2n) is 5.83. The minimum Gasteiger partial charge on any atom is -0.465 e. The number of aryl methyl sites for hydroxylation is 1. The normalized spacial score (nSPS) is 10.5. The maximum absolute atomic E-state index is 11.7. The molecule has 0 aliphatic carbocycles. The van der Waals surface area contributed by atoms with Crippen LogP contribution >= 0.6 is 23.3 Å². The molecule has 0 amide bonds. The minimum absolute atomic E-state index is 0.293. The molecule has 0 radical (unpaired) electrons. The summed E-state index contributed by atoms with van der Waals surface area (Å²) in [6, 6.07) is 8.24. The van der Waals surface area contributed by atoms with Crippen molar-refractivity contribution in [2.75, 3.05) is 23.7 Å². The number of carbonyl (C=O) groups is 1. The van der Waals surface area contributed by atoms with E-state index in [4.69, 9.17) is 4.74 Å². The van der Waals surface area contributed by atoms with Gasteiger partial charge in [-0.05, 0) is 60.5 Å². The molecule has 2 aromatic rings. The summed E-state index contributed by atoms with van der Waals surface area (Å²) in [5.74, 6) is -0.293. The van der Waals surface area contributed by atoms with Crippen molar-refractivity contribution in [1.29, 1.82) is 0 Å². The van der Waals surface area contributed by atoms with Crippen LogP contribution in [0.3, 0.4) is 0 Å². The molecule has 0 aliphatic rings. The van der Waals surface area contributed by atoms with E-state index in [1.54, 1.807) is 0 Å². The van der Waals surface area contributed by atoms with E-state index in [1.165, 1.54) is 61.6 Å². The van der Waals surface area contributed by atoms with Gasteiger partial charge in [0.05, 0.1) is 12.0 Å². The average Bonchev–Trinajstić information content (AvgIpc) is 3.08. The van der Waals surface area contributed by atoms with Gasteiger partial charge in [0.2, 0.25) is 0 Å². The van der Waals surface area contributed by atoms with Crippen LogP contribution in [-0.2, 0) is 4.74 Å². The molecule has 0 saturated carbocycles. The van der Waals surface area contributed by atoms with Crippen molar-refractivity contribution in [3.05, 3.63) is 40.1 Å². The number of unbranched alkanes of at least 4 members (excludes halogenated alkanes) is 3. The number of nitrogens with one attached hydrogen (secondary N) is 2. The van der Waals surface area contributed by atoms with E-state index in [2.05, 4.69) is 42.1 Å². The summed E-state index contributed by atoms with van der Waals surface area (Å²) in [6.45, 7) is 5.32. The van der Waals surface area contributed by atoms with Crippen molar-refractivity contribution >= 4 is 40.6 Å². The van der Waals surface area contributed by atoms with E-state index in [-0.39, 0.29) is 5.97 Å². The second kappa shape index (κ2) is 10.4. The molecule has 1 aromatic carbocycles. The highest BCUT2D eigenvalue weighted by Crippen LogP contribution is 2.31. The zero-order valence-electron chi connectivity index (χ0n) is 15.1. The van der Waals surface area contributed by atoms with Gasteiger partial charge in [-0.25, -0.2) is 4.79 Å². The summed E-state index contributed by atoms with van der Waals surface area (Å²) in [7, 11) is 1.40. The van der Waals surface area contributed by atoms with Crippen molar-refractivity contribution < 1.29 is 9.53 Å². The van der Waals surface area contributed by atoms with Crippen LogP contribution in [0.4, 0.5) is 11.4 Å². The zero-order chi connectivity index (χ0) is 18.1. The van der Waals surface area contributed by atoms with Gasteiger partial charge in [-0.3, -0.25) is 0 Å². The van der Waals surface area contributed by atoms with Crippen LogP contribution < -0.4 is 10.0 Å². The fraction of sp³-hybridized carbons (Fsp3) is 0.421. The third-order valence-electron chi connectivity index (χ3n) is 3.86. The van der Waals surface area contributed by atoms with E-state index < -0.39 is 0 Å². The standard InChI is InChI=1S/C19H26N2O2S2/c1-4-5-6-7-11-20-15-8-9-16(14(2)13-15)21-25-17-10-12-24-18(17)19(22)23-3/h8-10,12-13,20-21H,4-7,11H2,1-3H3. The topological polar surface area (TPSA) is 50.4 Å². The fourth-order valence-electron chi connectivity index (χ4n) is 2.40. The number of ether oxygens (including phenoxy) is 1. The predicted octanol–water partition coefficient (Wildman–Crippen LogP) is 5.95. The lowest BCUT2D eigenvalue weighted by molar-refractivity contribution is 0.0603. The lowest BCUT2D eigenvalue weighted by Crippen LogP contribution is -2.02. The predicted molar refractivity (Wildman–Crippen MR) is 109 cm³/mol. The number of thiophene rings is 1. The molecule has 25 heavy (non-hydrogen) atoms. The highest BCUT2D eigenvalue weighted by Gasteiger charge is 2.14. The molecular weight excluding hydrogens is 352 g/mol. The first kappa shape index (κ1) is 19.7. The van der Waals surface area contributed by atoms with Gasteiger partial charge in [-0.1, -0.05) is 26.2 Å². The van der Waals surface area contributed by atoms with E-state index in [0.29, 0.717) is 4.88 Å². The number of esters is 1. The van der Waals surface area contributed by atoms with Crippen LogP contribution in [0.15, 0.2) is 34.5 Å². The molecule has 0 unspecified atom stereocenters. The first-order valence-electron chi connectivity index (χ1n) is 8.59. The van der Waals surface area contributed by atoms with Gasteiger partial charge in [0.15, 0.2) is 0 Å². The molecule has 0 bridgehead atoms. The Balaban J connectivity index is 1.89. The van der Waals surface area contributed by atoms with Gasteiger partial charge in [0, 0.05) is 17.9 Å². The van der Waals surface area contributed by atoms with E-state index in [1.807, 2.05) is 11.4 Å². The zero-order valence-corrected chi connectivity index (χ0v) is 16.7. The number of anilines is 2. The van der Waals surface area contributed by atoms with Crippen LogP contribution in [0.2, 0.25) is 0 Å². The molecule has 0 saturated heterocycles. The number of hydrogen-bond acceptors (Lipinski definition) is 6. The summed E-state index contributed by atoms with van der Waals surface area (Å²) in [5, 5.41) is 5.38. The number of carbonyl (C=O) groups excluding carboxylic acids is 1. The monoisotopic (exact) mass is 378 g/mol. The molecule has 1 aromatic heterocycles. The van der Waals surface area contributed by atoms with Crippen LogP contribution in [0.5, 0.6) is 0 Å². The van der Waals surface area contributed by atoms with Gasteiger partial charge in [0.1, 0.15) is 4.88 Å². The van der Waals surface area contributed by atoms with Crippen molar-refractivity contribution in [3.8, 4) is 0 Å². The van der Waals surface area contributed by atoms with Gasteiger partial charge in [-0.15, -0.1) is 11.3 Å². The second-order valence-corrected chi connectivity index (χ2v) is 7.59. The first-order chi connectivity index (χ1) is 12.2. The average molecular weight is 379 g/mol. The SMILES string of the molecule is CCCCCCNc1ccc(NSc2ccsc2C(=O)OC)c(C)c1. The van der Waals surface area contributed by atoms with Crippen LogP contribution in [-0.4, -0.2) is 19.6 Å².